The van der Waals surface area contributed by atoms with Crippen LogP contribution < -0.4 is 10.6 Å². The minimum absolute atomic E-state index is 0.0318. The quantitative estimate of drug-likeness (QED) is 0.832. The molecule has 1 aliphatic heterocycles. The smallest absolute Gasteiger partial charge is 0.242 e. The van der Waals surface area contributed by atoms with Crippen LogP contribution in [0.4, 0.5) is 0 Å². The summed E-state index contributed by atoms with van der Waals surface area (Å²) in [6.07, 6.45) is 7.33. The predicted octanol–water partition coefficient (Wildman–Crippen LogP) is 2.74. The molecule has 2 amide bonds. The van der Waals surface area contributed by atoms with Gasteiger partial charge in [0.25, 0.3) is 0 Å². The number of allylic oxidation sites excluding steroid dienone is 2. The number of thiazole rings is 1. The molecule has 2 heterocycles. The van der Waals surface area contributed by atoms with E-state index in [9.17, 15) is 9.59 Å². The fourth-order valence-electron chi connectivity index (χ4n) is 3.61. The maximum absolute atomic E-state index is 12.9. The van der Waals surface area contributed by atoms with Crippen molar-refractivity contribution in [1.29, 1.82) is 0 Å². The molecule has 1 fully saturated rings. The summed E-state index contributed by atoms with van der Waals surface area (Å²) >= 11 is 1.67. The van der Waals surface area contributed by atoms with Gasteiger partial charge in [-0.1, -0.05) is 24.3 Å². The first-order valence-corrected chi connectivity index (χ1v) is 9.62. The van der Waals surface area contributed by atoms with Crippen LogP contribution in [0, 0.1) is 5.92 Å². The highest BCUT2D eigenvalue weighted by Crippen LogP contribution is 2.38. The minimum atomic E-state index is -0.400. The van der Waals surface area contributed by atoms with E-state index in [1.807, 2.05) is 18.2 Å². The number of hydrogen-bond acceptors (Lipinski definition) is 4. The molecule has 2 aliphatic rings. The van der Waals surface area contributed by atoms with Crippen LogP contribution in [-0.4, -0.2) is 29.4 Å². The van der Waals surface area contributed by atoms with Crippen LogP contribution in [0.3, 0.4) is 0 Å². The largest absolute Gasteiger partial charge is 0.354 e. The number of aromatic nitrogens is 1. The number of nitrogens with one attached hydrogen (secondary N) is 2. The van der Waals surface area contributed by atoms with Gasteiger partial charge in [0, 0.05) is 12.5 Å². The molecule has 130 valence electrons. The number of fused-ring (bicyclic) bond motifs is 1. The van der Waals surface area contributed by atoms with E-state index in [0.29, 0.717) is 19.4 Å². The van der Waals surface area contributed by atoms with Crippen LogP contribution in [0.1, 0.15) is 36.6 Å². The zero-order chi connectivity index (χ0) is 17.2. The number of amides is 2. The highest BCUT2D eigenvalue weighted by molar-refractivity contribution is 7.18. The number of piperidine rings is 1. The summed E-state index contributed by atoms with van der Waals surface area (Å²) in [5.41, 5.74) is 0.989. The van der Waals surface area contributed by atoms with Gasteiger partial charge in [-0.05, 0) is 37.8 Å². The van der Waals surface area contributed by atoms with Gasteiger partial charge in [0.15, 0.2) is 0 Å². The van der Waals surface area contributed by atoms with Gasteiger partial charge in [0.2, 0.25) is 11.8 Å². The Balaban J connectivity index is 1.55. The molecule has 1 saturated heterocycles. The number of hydrogen-bond donors (Lipinski definition) is 2. The van der Waals surface area contributed by atoms with E-state index in [4.69, 9.17) is 4.98 Å². The molecule has 0 spiro atoms. The SMILES string of the molecule is O=C1NCCC[C@@H]1NC(=O)[C@@H]1CC=CC[C@H]1c1nc2ccccc2s1. The first-order valence-electron chi connectivity index (χ1n) is 8.81. The number of nitrogens with zero attached hydrogens (tertiary/aromatic N) is 1. The molecule has 1 aromatic carbocycles. The molecule has 5 nitrogen and oxygen atoms in total. The van der Waals surface area contributed by atoms with Crippen LogP contribution in [0.25, 0.3) is 10.2 Å². The molecule has 2 N–H and O–H groups in total. The van der Waals surface area contributed by atoms with Gasteiger partial charge >= 0.3 is 0 Å². The Bertz CT molecular complexity index is 796. The molecular formula is C19H21N3O2S. The zero-order valence-corrected chi connectivity index (χ0v) is 14.7. The van der Waals surface area contributed by atoms with Crippen molar-refractivity contribution in [1.82, 2.24) is 15.6 Å². The second kappa shape index (κ2) is 6.96. The lowest BCUT2D eigenvalue weighted by atomic mass is 9.82. The van der Waals surface area contributed by atoms with E-state index in [1.54, 1.807) is 11.3 Å². The molecule has 3 atom stereocenters. The predicted molar refractivity (Wildman–Crippen MR) is 98.4 cm³/mol. The lowest BCUT2D eigenvalue weighted by Crippen LogP contribution is -2.52. The van der Waals surface area contributed by atoms with Crippen molar-refractivity contribution in [3.63, 3.8) is 0 Å². The molecule has 2 aromatic rings. The summed E-state index contributed by atoms with van der Waals surface area (Å²) in [6, 6.07) is 7.67. The fraction of sp³-hybridized carbons (Fsp3) is 0.421. The van der Waals surface area contributed by atoms with Crippen molar-refractivity contribution in [3.8, 4) is 0 Å². The van der Waals surface area contributed by atoms with E-state index in [-0.39, 0.29) is 23.7 Å². The summed E-state index contributed by atoms with van der Waals surface area (Å²) in [7, 11) is 0. The van der Waals surface area contributed by atoms with Crippen molar-refractivity contribution >= 4 is 33.4 Å². The Hall–Kier alpha value is -2.21. The summed E-state index contributed by atoms with van der Waals surface area (Å²) < 4.78 is 1.15. The van der Waals surface area contributed by atoms with E-state index in [1.165, 1.54) is 0 Å². The highest BCUT2D eigenvalue weighted by Gasteiger charge is 2.34. The lowest BCUT2D eigenvalue weighted by Gasteiger charge is -2.29. The third kappa shape index (κ3) is 3.31. The van der Waals surface area contributed by atoms with E-state index < -0.39 is 6.04 Å². The number of carbonyl (C=O) groups is 2. The van der Waals surface area contributed by atoms with Gasteiger partial charge in [-0.2, -0.15) is 0 Å². The lowest BCUT2D eigenvalue weighted by molar-refractivity contribution is -0.132. The fourth-order valence-corrected chi connectivity index (χ4v) is 4.76. The van der Waals surface area contributed by atoms with Crippen LogP contribution in [0.5, 0.6) is 0 Å². The average Bonchev–Trinajstić information content (AvgIpc) is 3.07. The van der Waals surface area contributed by atoms with Gasteiger partial charge in [-0.3, -0.25) is 9.59 Å². The van der Waals surface area contributed by atoms with Gasteiger partial charge < -0.3 is 10.6 Å². The normalized spacial score (nSPS) is 26.4. The number of rotatable bonds is 3. The topological polar surface area (TPSA) is 71.1 Å². The molecule has 25 heavy (non-hydrogen) atoms. The second-order valence-electron chi connectivity index (χ2n) is 6.67. The standard InChI is InChI=1S/C19H21N3O2S/c23-17(21-15-9-5-11-20-18(15)24)12-6-1-2-7-13(12)19-22-14-8-3-4-10-16(14)25-19/h1-4,8,10,12-13,15H,5-7,9,11H2,(H,20,24)(H,21,23)/t12-,13-,15+/m1/s1. The van der Waals surface area contributed by atoms with Crippen LogP contribution in [-0.2, 0) is 9.59 Å². The van der Waals surface area contributed by atoms with E-state index in [0.717, 1.165) is 28.1 Å². The van der Waals surface area contributed by atoms with Gasteiger partial charge in [-0.15, -0.1) is 11.3 Å². The molecule has 4 rings (SSSR count). The number of para-hydroxylation sites is 1. The molecule has 0 radical (unpaired) electrons. The molecular weight excluding hydrogens is 334 g/mol. The Morgan fingerprint density at radius 2 is 2.08 bits per heavy atom. The van der Waals surface area contributed by atoms with E-state index in [2.05, 4.69) is 28.9 Å². The van der Waals surface area contributed by atoms with Gasteiger partial charge in [0.05, 0.1) is 21.1 Å². The van der Waals surface area contributed by atoms with Crippen molar-refractivity contribution < 1.29 is 9.59 Å². The van der Waals surface area contributed by atoms with Crippen LogP contribution >= 0.6 is 11.3 Å². The maximum Gasteiger partial charge on any atom is 0.242 e. The van der Waals surface area contributed by atoms with Crippen LogP contribution in [0.15, 0.2) is 36.4 Å². The van der Waals surface area contributed by atoms with Crippen LogP contribution in [0.2, 0.25) is 0 Å². The minimum Gasteiger partial charge on any atom is -0.354 e. The Labute approximate surface area is 150 Å². The summed E-state index contributed by atoms with van der Waals surface area (Å²) in [5, 5.41) is 6.80. The van der Waals surface area contributed by atoms with Gasteiger partial charge in [0.1, 0.15) is 6.04 Å². The monoisotopic (exact) mass is 355 g/mol. The number of carbonyl (C=O) groups excluding carboxylic acids is 2. The zero-order valence-electron chi connectivity index (χ0n) is 13.9. The van der Waals surface area contributed by atoms with Crippen molar-refractivity contribution in [3.05, 3.63) is 41.4 Å². The third-order valence-corrected chi connectivity index (χ3v) is 6.17. The molecule has 6 heteroatoms. The molecule has 0 bridgehead atoms. The molecule has 1 aliphatic carbocycles. The average molecular weight is 355 g/mol. The summed E-state index contributed by atoms with van der Waals surface area (Å²) in [5.74, 6) is -0.188. The van der Waals surface area contributed by atoms with E-state index >= 15 is 0 Å². The van der Waals surface area contributed by atoms with Gasteiger partial charge in [-0.25, -0.2) is 4.98 Å². The Morgan fingerprint density at radius 3 is 2.92 bits per heavy atom. The number of benzene rings is 1. The van der Waals surface area contributed by atoms with Crippen molar-refractivity contribution in [2.24, 2.45) is 5.92 Å². The first kappa shape index (κ1) is 16.3. The molecule has 1 aromatic heterocycles. The first-order chi connectivity index (χ1) is 12.2. The van der Waals surface area contributed by atoms with Crippen molar-refractivity contribution in [2.45, 2.75) is 37.6 Å². The Kier molecular flexibility index (Phi) is 4.53. The molecule has 0 saturated carbocycles. The van der Waals surface area contributed by atoms with Crippen molar-refractivity contribution in [2.75, 3.05) is 6.54 Å². The second-order valence-corrected chi connectivity index (χ2v) is 7.73. The summed E-state index contributed by atoms with van der Waals surface area (Å²) in [6.45, 7) is 0.700. The molecule has 0 unspecified atom stereocenters. The summed E-state index contributed by atoms with van der Waals surface area (Å²) in [4.78, 5) is 29.6. The maximum atomic E-state index is 12.9. The highest BCUT2D eigenvalue weighted by atomic mass is 32.1. The Morgan fingerprint density at radius 1 is 1.24 bits per heavy atom. The third-order valence-electron chi connectivity index (χ3n) is 5.00.